The molecule has 3 fully saturated rings. The number of rotatable bonds is 2. The average Bonchev–Trinajstić information content (AvgIpc) is 2.96. The molecule has 0 bridgehead atoms. The fourth-order valence-electron chi connectivity index (χ4n) is 4.86. The third kappa shape index (κ3) is 2.85. The Morgan fingerprint density at radius 2 is 1.74 bits per heavy atom. The highest BCUT2D eigenvalue weighted by atomic mass is 15.3. The van der Waals surface area contributed by atoms with Crippen molar-refractivity contribution < 1.29 is 0 Å². The van der Waals surface area contributed by atoms with Crippen molar-refractivity contribution in [2.24, 2.45) is 5.92 Å². The molecule has 0 aromatic carbocycles. The van der Waals surface area contributed by atoms with Crippen molar-refractivity contribution in [2.75, 3.05) is 13.1 Å². The number of nitrogens with zero attached hydrogens (tertiary/aromatic N) is 1. The van der Waals surface area contributed by atoms with Crippen LogP contribution in [-0.4, -0.2) is 35.6 Å². The van der Waals surface area contributed by atoms with E-state index < -0.39 is 0 Å². The molecule has 2 nitrogen and oxygen atoms in total. The second-order valence-corrected chi connectivity index (χ2v) is 7.53. The van der Waals surface area contributed by atoms with Crippen molar-refractivity contribution in [3.05, 3.63) is 0 Å². The van der Waals surface area contributed by atoms with Crippen molar-refractivity contribution in [3.8, 4) is 0 Å². The van der Waals surface area contributed by atoms with Crippen LogP contribution in [0.15, 0.2) is 0 Å². The Morgan fingerprint density at radius 1 is 1.05 bits per heavy atom. The molecule has 1 N–H and O–H groups in total. The van der Waals surface area contributed by atoms with Crippen LogP contribution < -0.4 is 5.32 Å². The molecule has 2 saturated carbocycles. The van der Waals surface area contributed by atoms with Crippen LogP contribution in [0.25, 0.3) is 0 Å². The van der Waals surface area contributed by atoms with E-state index in [9.17, 15) is 0 Å². The van der Waals surface area contributed by atoms with Gasteiger partial charge in [0, 0.05) is 30.7 Å². The summed E-state index contributed by atoms with van der Waals surface area (Å²) in [5.74, 6) is 0.973. The standard InChI is InChI=1S/C17H32N2/c1-14-12-18-17(10-6-3-7-11-17)13-19(14)15(2)16-8-4-5-9-16/h14-16,18H,3-13H2,1-2H3. The number of nitrogens with one attached hydrogen (secondary N) is 1. The largest absolute Gasteiger partial charge is 0.308 e. The zero-order valence-electron chi connectivity index (χ0n) is 13.0. The molecule has 3 aliphatic rings. The third-order valence-corrected chi connectivity index (χ3v) is 6.24. The van der Waals surface area contributed by atoms with E-state index in [1.807, 2.05) is 0 Å². The molecule has 2 atom stereocenters. The minimum Gasteiger partial charge on any atom is -0.308 e. The van der Waals surface area contributed by atoms with Gasteiger partial charge >= 0.3 is 0 Å². The quantitative estimate of drug-likeness (QED) is 0.820. The summed E-state index contributed by atoms with van der Waals surface area (Å²) < 4.78 is 0. The van der Waals surface area contributed by atoms with Crippen LogP contribution in [0.2, 0.25) is 0 Å². The molecular weight excluding hydrogens is 232 g/mol. The van der Waals surface area contributed by atoms with Crippen molar-refractivity contribution in [2.45, 2.75) is 89.3 Å². The zero-order valence-corrected chi connectivity index (χ0v) is 13.0. The first-order valence-corrected chi connectivity index (χ1v) is 8.71. The van der Waals surface area contributed by atoms with E-state index in [1.54, 1.807) is 0 Å². The lowest BCUT2D eigenvalue weighted by molar-refractivity contribution is 0.0179. The molecule has 19 heavy (non-hydrogen) atoms. The molecule has 2 unspecified atom stereocenters. The second kappa shape index (κ2) is 5.73. The predicted molar refractivity (Wildman–Crippen MR) is 81.4 cm³/mol. The van der Waals surface area contributed by atoms with Gasteiger partial charge in [0.1, 0.15) is 0 Å². The van der Waals surface area contributed by atoms with Crippen LogP contribution in [0.5, 0.6) is 0 Å². The van der Waals surface area contributed by atoms with E-state index in [-0.39, 0.29) is 0 Å². The summed E-state index contributed by atoms with van der Waals surface area (Å²) in [4.78, 5) is 2.86. The van der Waals surface area contributed by atoms with E-state index in [0.29, 0.717) is 5.54 Å². The van der Waals surface area contributed by atoms with Gasteiger partial charge in [-0.05, 0) is 45.4 Å². The highest BCUT2D eigenvalue weighted by Gasteiger charge is 2.41. The zero-order chi connectivity index (χ0) is 13.3. The Kier molecular flexibility index (Phi) is 4.19. The first-order valence-electron chi connectivity index (χ1n) is 8.71. The SMILES string of the molecule is CC1CNC2(CCCCC2)CN1C(C)C1CCCC1. The van der Waals surface area contributed by atoms with E-state index in [2.05, 4.69) is 24.1 Å². The number of piperazine rings is 1. The molecule has 1 spiro atoms. The maximum absolute atomic E-state index is 3.92. The molecule has 1 saturated heterocycles. The van der Waals surface area contributed by atoms with Gasteiger partial charge in [0.25, 0.3) is 0 Å². The van der Waals surface area contributed by atoms with E-state index in [0.717, 1.165) is 18.0 Å². The van der Waals surface area contributed by atoms with Crippen LogP contribution in [0.4, 0.5) is 0 Å². The van der Waals surface area contributed by atoms with E-state index >= 15 is 0 Å². The first-order chi connectivity index (χ1) is 9.20. The number of hydrogen-bond acceptors (Lipinski definition) is 2. The van der Waals surface area contributed by atoms with Gasteiger partial charge in [-0.1, -0.05) is 32.1 Å². The van der Waals surface area contributed by atoms with Gasteiger partial charge in [0.15, 0.2) is 0 Å². The molecule has 1 heterocycles. The topological polar surface area (TPSA) is 15.3 Å². The molecule has 3 rings (SSSR count). The van der Waals surface area contributed by atoms with Crippen molar-refractivity contribution in [1.82, 2.24) is 10.2 Å². The minimum atomic E-state index is 0.470. The van der Waals surface area contributed by atoms with E-state index in [1.165, 1.54) is 70.9 Å². The molecule has 0 aromatic heterocycles. The maximum atomic E-state index is 3.92. The smallest absolute Gasteiger partial charge is 0.0309 e. The van der Waals surface area contributed by atoms with Crippen LogP contribution in [0.1, 0.15) is 71.6 Å². The lowest BCUT2D eigenvalue weighted by atomic mass is 9.78. The summed E-state index contributed by atoms with van der Waals surface area (Å²) in [7, 11) is 0. The van der Waals surface area contributed by atoms with Crippen molar-refractivity contribution in [1.29, 1.82) is 0 Å². The van der Waals surface area contributed by atoms with Gasteiger partial charge in [-0.15, -0.1) is 0 Å². The average molecular weight is 264 g/mol. The van der Waals surface area contributed by atoms with Gasteiger partial charge < -0.3 is 5.32 Å². The third-order valence-electron chi connectivity index (χ3n) is 6.24. The van der Waals surface area contributed by atoms with Gasteiger partial charge in [-0.25, -0.2) is 0 Å². The predicted octanol–water partition coefficient (Wildman–Crippen LogP) is 3.56. The van der Waals surface area contributed by atoms with Gasteiger partial charge in [-0.3, -0.25) is 4.90 Å². The summed E-state index contributed by atoms with van der Waals surface area (Å²) in [6, 6.07) is 1.53. The van der Waals surface area contributed by atoms with Crippen LogP contribution in [0, 0.1) is 5.92 Å². The molecule has 2 aliphatic carbocycles. The summed E-state index contributed by atoms with van der Waals surface area (Å²) in [5.41, 5.74) is 0.470. The molecule has 1 aliphatic heterocycles. The fourth-order valence-corrected chi connectivity index (χ4v) is 4.86. The Bertz CT molecular complexity index is 290. The summed E-state index contributed by atoms with van der Waals surface area (Å²) in [6.07, 6.45) is 13.1. The Balaban J connectivity index is 1.67. The molecule has 2 heteroatoms. The van der Waals surface area contributed by atoms with Gasteiger partial charge in [0.2, 0.25) is 0 Å². The minimum absolute atomic E-state index is 0.470. The van der Waals surface area contributed by atoms with Crippen molar-refractivity contribution >= 4 is 0 Å². The summed E-state index contributed by atoms with van der Waals surface area (Å²) >= 11 is 0. The molecule has 110 valence electrons. The van der Waals surface area contributed by atoms with Crippen LogP contribution >= 0.6 is 0 Å². The first kappa shape index (κ1) is 13.9. The molecular formula is C17H32N2. The van der Waals surface area contributed by atoms with E-state index in [4.69, 9.17) is 0 Å². The monoisotopic (exact) mass is 264 g/mol. The Morgan fingerprint density at radius 3 is 2.42 bits per heavy atom. The summed E-state index contributed by atoms with van der Waals surface area (Å²) in [5, 5.41) is 3.92. The van der Waals surface area contributed by atoms with Crippen LogP contribution in [0.3, 0.4) is 0 Å². The Labute approximate surface area is 119 Å². The fraction of sp³-hybridized carbons (Fsp3) is 1.00. The molecule has 0 radical (unpaired) electrons. The maximum Gasteiger partial charge on any atom is 0.0309 e. The lowest BCUT2D eigenvalue weighted by Gasteiger charge is -2.52. The lowest BCUT2D eigenvalue weighted by Crippen LogP contribution is -2.66. The number of hydrogen-bond donors (Lipinski definition) is 1. The second-order valence-electron chi connectivity index (χ2n) is 7.53. The van der Waals surface area contributed by atoms with Crippen molar-refractivity contribution in [3.63, 3.8) is 0 Å². The normalized spacial score (nSPS) is 34.7. The highest BCUT2D eigenvalue weighted by molar-refractivity contribution is 5.00. The molecule has 0 amide bonds. The molecule has 0 aromatic rings. The highest BCUT2D eigenvalue weighted by Crippen LogP contribution is 2.36. The van der Waals surface area contributed by atoms with Crippen LogP contribution in [-0.2, 0) is 0 Å². The van der Waals surface area contributed by atoms with Gasteiger partial charge in [0.05, 0.1) is 0 Å². The summed E-state index contributed by atoms with van der Waals surface area (Å²) in [6.45, 7) is 7.45. The van der Waals surface area contributed by atoms with Gasteiger partial charge in [-0.2, -0.15) is 0 Å². The Hall–Kier alpha value is -0.0800.